The summed E-state index contributed by atoms with van der Waals surface area (Å²) in [6.07, 6.45) is 6.49. The molecule has 1 saturated heterocycles. The monoisotopic (exact) mass is 447 g/mol. The first-order chi connectivity index (χ1) is 16.2. The molecule has 0 atom stereocenters. The van der Waals surface area contributed by atoms with Gasteiger partial charge in [-0.2, -0.15) is 0 Å². The van der Waals surface area contributed by atoms with Gasteiger partial charge in [0, 0.05) is 88.0 Å². The van der Waals surface area contributed by atoms with Crippen LogP contribution in [0, 0.1) is 0 Å². The van der Waals surface area contributed by atoms with Crippen LogP contribution in [0.15, 0.2) is 42.9 Å². The van der Waals surface area contributed by atoms with Crippen LogP contribution < -0.4 is 19.3 Å². The molecule has 2 aromatic heterocycles. The zero-order valence-corrected chi connectivity index (χ0v) is 19.1. The Labute approximate surface area is 194 Å². The lowest BCUT2D eigenvalue weighted by atomic mass is 10.1. The SMILES string of the molecule is COc1ccc(CN2CCc3nc(N4CCN(c5ncccn5)CC4)ncc3C2)c(OC)c1. The Morgan fingerprint density at radius 1 is 0.879 bits per heavy atom. The summed E-state index contributed by atoms with van der Waals surface area (Å²) < 4.78 is 10.9. The molecule has 1 aromatic carbocycles. The first-order valence-corrected chi connectivity index (χ1v) is 11.3. The third-order valence-corrected chi connectivity index (χ3v) is 6.29. The third kappa shape index (κ3) is 4.68. The Bertz CT molecular complexity index is 1090. The number of hydrogen-bond acceptors (Lipinski definition) is 9. The summed E-state index contributed by atoms with van der Waals surface area (Å²) in [5.74, 6) is 3.27. The highest BCUT2D eigenvalue weighted by Crippen LogP contribution is 2.28. The van der Waals surface area contributed by atoms with Gasteiger partial charge in [-0.1, -0.05) is 6.07 Å². The number of fused-ring (bicyclic) bond motifs is 1. The minimum Gasteiger partial charge on any atom is -0.497 e. The molecule has 0 aliphatic carbocycles. The van der Waals surface area contributed by atoms with Crippen molar-refractivity contribution >= 4 is 11.9 Å². The van der Waals surface area contributed by atoms with Crippen molar-refractivity contribution in [2.75, 3.05) is 56.7 Å². The van der Waals surface area contributed by atoms with Gasteiger partial charge in [-0.25, -0.2) is 19.9 Å². The number of anilines is 2. The zero-order valence-electron chi connectivity index (χ0n) is 19.1. The van der Waals surface area contributed by atoms with E-state index >= 15 is 0 Å². The van der Waals surface area contributed by atoms with E-state index in [2.05, 4.69) is 30.7 Å². The van der Waals surface area contributed by atoms with E-state index in [9.17, 15) is 0 Å². The Balaban J connectivity index is 1.22. The lowest BCUT2D eigenvalue weighted by molar-refractivity contribution is 0.239. The number of methoxy groups -OCH3 is 2. The fraction of sp³-hybridized carbons (Fsp3) is 0.417. The van der Waals surface area contributed by atoms with E-state index in [1.54, 1.807) is 26.6 Å². The van der Waals surface area contributed by atoms with Crippen LogP contribution in [0.1, 0.15) is 16.8 Å². The number of aromatic nitrogens is 4. The lowest BCUT2D eigenvalue weighted by Gasteiger charge is -2.35. The van der Waals surface area contributed by atoms with Crippen LogP contribution in [0.25, 0.3) is 0 Å². The van der Waals surface area contributed by atoms with E-state index in [1.807, 2.05) is 24.4 Å². The van der Waals surface area contributed by atoms with Crippen LogP contribution in [0.2, 0.25) is 0 Å². The first-order valence-electron chi connectivity index (χ1n) is 11.3. The van der Waals surface area contributed by atoms with Crippen molar-refractivity contribution in [2.45, 2.75) is 19.5 Å². The smallest absolute Gasteiger partial charge is 0.225 e. The van der Waals surface area contributed by atoms with Gasteiger partial charge in [0.25, 0.3) is 0 Å². The van der Waals surface area contributed by atoms with Crippen LogP contribution in [-0.4, -0.2) is 71.8 Å². The molecule has 33 heavy (non-hydrogen) atoms. The molecule has 5 rings (SSSR count). The maximum Gasteiger partial charge on any atom is 0.225 e. The molecule has 9 nitrogen and oxygen atoms in total. The maximum absolute atomic E-state index is 5.57. The molecule has 0 spiro atoms. The maximum atomic E-state index is 5.57. The van der Waals surface area contributed by atoms with E-state index in [4.69, 9.17) is 19.4 Å². The lowest BCUT2D eigenvalue weighted by Crippen LogP contribution is -2.47. The van der Waals surface area contributed by atoms with Gasteiger partial charge in [0.05, 0.1) is 19.9 Å². The minimum atomic E-state index is 0.789. The molecule has 0 radical (unpaired) electrons. The van der Waals surface area contributed by atoms with Crippen LogP contribution in [0.4, 0.5) is 11.9 Å². The molecular formula is C24H29N7O2. The molecule has 0 bridgehead atoms. The molecule has 172 valence electrons. The van der Waals surface area contributed by atoms with Crippen molar-refractivity contribution in [3.63, 3.8) is 0 Å². The van der Waals surface area contributed by atoms with Crippen molar-refractivity contribution in [3.8, 4) is 11.5 Å². The van der Waals surface area contributed by atoms with E-state index in [-0.39, 0.29) is 0 Å². The highest BCUT2D eigenvalue weighted by atomic mass is 16.5. The summed E-state index contributed by atoms with van der Waals surface area (Å²) >= 11 is 0. The largest absolute Gasteiger partial charge is 0.497 e. The van der Waals surface area contributed by atoms with Gasteiger partial charge >= 0.3 is 0 Å². The molecule has 9 heteroatoms. The van der Waals surface area contributed by atoms with Gasteiger partial charge in [-0.05, 0) is 12.1 Å². The van der Waals surface area contributed by atoms with Gasteiger partial charge in [0.1, 0.15) is 11.5 Å². The topological polar surface area (TPSA) is 79.7 Å². The average Bonchev–Trinajstić information content (AvgIpc) is 2.89. The Morgan fingerprint density at radius 2 is 1.64 bits per heavy atom. The van der Waals surface area contributed by atoms with Gasteiger partial charge in [-0.15, -0.1) is 0 Å². The summed E-state index contributed by atoms with van der Waals surface area (Å²) in [6, 6.07) is 7.84. The first kappa shape index (κ1) is 21.4. The van der Waals surface area contributed by atoms with Gasteiger partial charge in [0.2, 0.25) is 11.9 Å². The molecule has 4 heterocycles. The van der Waals surface area contributed by atoms with Gasteiger partial charge < -0.3 is 19.3 Å². The van der Waals surface area contributed by atoms with Crippen molar-refractivity contribution < 1.29 is 9.47 Å². The number of hydrogen-bond donors (Lipinski definition) is 0. The number of benzene rings is 1. The van der Waals surface area contributed by atoms with E-state index < -0.39 is 0 Å². The molecule has 0 N–H and O–H groups in total. The van der Waals surface area contributed by atoms with Gasteiger partial charge in [-0.3, -0.25) is 4.90 Å². The summed E-state index contributed by atoms with van der Waals surface area (Å²) in [5, 5.41) is 0. The second-order valence-electron chi connectivity index (χ2n) is 8.30. The second kappa shape index (κ2) is 9.58. The standard InChI is InChI=1S/C24H29N7O2/c1-32-20-5-4-18(22(14-20)33-2)16-29-9-6-21-19(17-29)15-27-24(28-21)31-12-10-30(11-13-31)23-25-7-3-8-26-23/h3-5,7-8,14-15H,6,9-13,16-17H2,1-2H3. The van der Waals surface area contributed by atoms with Crippen LogP contribution >= 0.6 is 0 Å². The van der Waals surface area contributed by atoms with Crippen molar-refractivity contribution in [2.24, 2.45) is 0 Å². The van der Waals surface area contributed by atoms with Crippen molar-refractivity contribution in [1.82, 2.24) is 24.8 Å². The summed E-state index contributed by atoms with van der Waals surface area (Å²) in [6.45, 7) is 6.06. The molecule has 0 amide bonds. The Morgan fingerprint density at radius 3 is 2.36 bits per heavy atom. The molecule has 2 aliphatic heterocycles. The fourth-order valence-electron chi connectivity index (χ4n) is 4.44. The molecule has 1 fully saturated rings. The normalized spacial score (nSPS) is 16.4. The van der Waals surface area contributed by atoms with Crippen molar-refractivity contribution in [1.29, 1.82) is 0 Å². The Kier molecular flexibility index (Phi) is 6.21. The number of rotatable bonds is 6. The third-order valence-electron chi connectivity index (χ3n) is 6.29. The molecule has 0 saturated carbocycles. The summed E-state index contributed by atoms with van der Waals surface area (Å²) in [5.41, 5.74) is 3.51. The van der Waals surface area contributed by atoms with Crippen LogP contribution in [0.3, 0.4) is 0 Å². The summed E-state index contributed by atoms with van der Waals surface area (Å²) in [7, 11) is 3.37. The zero-order chi connectivity index (χ0) is 22.6. The highest BCUT2D eigenvalue weighted by molar-refractivity contribution is 5.41. The quantitative estimate of drug-likeness (QED) is 0.565. The minimum absolute atomic E-state index is 0.789. The van der Waals surface area contributed by atoms with Crippen LogP contribution in [0.5, 0.6) is 11.5 Å². The number of nitrogens with zero attached hydrogens (tertiary/aromatic N) is 7. The molecule has 2 aliphatic rings. The number of piperazine rings is 1. The molecule has 0 unspecified atom stereocenters. The second-order valence-corrected chi connectivity index (χ2v) is 8.30. The van der Waals surface area contributed by atoms with E-state index in [0.29, 0.717) is 0 Å². The molecule has 3 aromatic rings. The van der Waals surface area contributed by atoms with E-state index in [1.165, 1.54) is 5.56 Å². The highest BCUT2D eigenvalue weighted by Gasteiger charge is 2.24. The van der Waals surface area contributed by atoms with Crippen molar-refractivity contribution in [3.05, 3.63) is 59.7 Å². The van der Waals surface area contributed by atoms with Gasteiger partial charge in [0.15, 0.2) is 0 Å². The average molecular weight is 448 g/mol. The predicted molar refractivity (Wildman–Crippen MR) is 126 cm³/mol. The molecular weight excluding hydrogens is 418 g/mol. The predicted octanol–water partition coefficient (Wildman–Crippen LogP) is 2.17. The fourth-order valence-corrected chi connectivity index (χ4v) is 4.44. The van der Waals surface area contributed by atoms with E-state index in [0.717, 1.165) is 86.9 Å². The van der Waals surface area contributed by atoms with Crippen LogP contribution in [-0.2, 0) is 19.5 Å². The number of ether oxygens (including phenoxy) is 2. The summed E-state index contributed by atoms with van der Waals surface area (Å²) in [4.78, 5) is 25.2. The Hall–Kier alpha value is -3.46.